The van der Waals surface area contributed by atoms with Crippen LogP contribution in [-0.2, 0) is 0 Å². The minimum atomic E-state index is 0.733. The van der Waals surface area contributed by atoms with E-state index in [0.29, 0.717) is 0 Å². The Morgan fingerprint density at radius 1 is 1.40 bits per heavy atom. The molecule has 60 valence electrons. The first-order valence-electron chi connectivity index (χ1n) is 3.57. The summed E-state index contributed by atoms with van der Waals surface area (Å²) in [5, 5.41) is 0. The van der Waals surface area contributed by atoms with Gasteiger partial charge < -0.3 is 0 Å². The van der Waals surface area contributed by atoms with Gasteiger partial charge in [0.15, 0.2) is 0 Å². The van der Waals surface area contributed by atoms with E-state index >= 15 is 0 Å². The third-order valence-corrected chi connectivity index (χ3v) is 4.30. The van der Waals surface area contributed by atoms with Crippen LogP contribution in [-0.4, -0.2) is 29.9 Å². The van der Waals surface area contributed by atoms with Gasteiger partial charge in [0.2, 0.25) is 0 Å². The second kappa shape index (κ2) is 7.88. The van der Waals surface area contributed by atoms with Crippen LogP contribution in [0, 0.1) is 0 Å². The average molecular weight is 270 g/mol. The van der Waals surface area contributed by atoms with Crippen molar-refractivity contribution >= 4 is 29.9 Å². The Hall–Kier alpha value is 0.779. The molecule has 0 saturated heterocycles. The van der Waals surface area contributed by atoms with Crippen molar-refractivity contribution in [1.82, 2.24) is 0 Å². The normalized spacial score (nSPS) is 14.3. The quantitative estimate of drug-likeness (QED) is 0.674. The zero-order chi connectivity index (χ0) is 7.82. The zero-order valence-corrected chi connectivity index (χ0v) is 10.4. The maximum absolute atomic E-state index is 2.42. The molecule has 0 aliphatic carbocycles. The van der Waals surface area contributed by atoms with Gasteiger partial charge in [-0.2, -0.15) is 0 Å². The van der Waals surface area contributed by atoms with E-state index < -0.39 is 0 Å². The number of hydrogen-bond donors (Lipinski definition) is 0. The van der Waals surface area contributed by atoms with Gasteiger partial charge in [0.25, 0.3) is 0 Å². The fourth-order valence-electron chi connectivity index (χ4n) is 0.743. The molecule has 0 heterocycles. The van der Waals surface area contributed by atoms with Crippen LogP contribution in [0.5, 0.6) is 0 Å². The third kappa shape index (κ3) is 5.56. The molecule has 0 radical (unpaired) electrons. The summed E-state index contributed by atoms with van der Waals surface area (Å²) in [4.78, 5) is 3.28. The average Bonchev–Trinajstić information content (AvgIpc) is 1.98. The van der Waals surface area contributed by atoms with Gasteiger partial charge >= 0.3 is 77.2 Å². The molecule has 0 amide bonds. The minimum absolute atomic E-state index is 0.733. The Kier molecular flexibility index (Phi) is 8.50. The van der Waals surface area contributed by atoms with E-state index in [1.165, 1.54) is 12.8 Å². The van der Waals surface area contributed by atoms with Crippen LogP contribution in [0.15, 0.2) is 11.1 Å². The molecule has 1 unspecified atom stereocenters. The van der Waals surface area contributed by atoms with Gasteiger partial charge in [-0.15, -0.1) is 0 Å². The molecule has 0 nitrogen and oxygen atoms in total. The summed E-state index contributed by atoms with van der Waals surface area (Å²) in [6.45, 7) is 2.27. The molecule has 0 aliphatic heterocycles. The molecule has 0 saturated carbocycles. The Morgan fingerprint density at radius 3 is 2.50 bits per heavy atom. The van der Waals surface area contributed by atoms with Crippen molar-refractivity contribution in [3.05, 3.63) is 11.1 Å². The molecule has 0 aromatic heterocycles. The fraction of sp³-hybridized carbons (Fsp3) is 0.750. The van der Waals surface area contributed by atoms with Gasteiger partial charge in [0.1, 0.15) is 0 Å². The van der Waals surface area contributed by atoms with Gasteiger partial charge in [-0.3, -0.25) is 0 Å². The standard InChI is InChI=1S/C8H16Se2/c1-4-5-8(10-3)6-7-9-2/h6-8H,4-5H2,1-3H3/b7-6+. The van der Waals surface area contributed by atoms with E-state index in [2.05, 4.69) is 29.6 Å². The van der Waals surface area contributed by atoms with Crippen LogP contribution in [0.3, 0.4) is 0 Å². The summed E-state index contributed by atoms with van der Waals surface area (Å²) >= 11 is 1.55. The van der Waals surface area contributed by atoms with Gasteiger partial charge in [0.05, 0.1) is 0 Å². The molecule has 0 rings (SSSR count). The van der Waals surface area contributed by atoms with Gasteiger partial charge in [-0.25, -0.2) is 0 Å². The van der Waals surface area contributed by atoms with Crippen LogP contribution in [0.4, 0.5) is 0 Å². The summed E-state index contributed by atoms with van der Waals surface area (Å²) in [6, 6.07) is 0. The predicted octanol–water partition coefficient (Wildman–Crippen LogP) is 2.59. The van der Waals surface area contributed by atoms with E-state index in [4.69, 9.17) is 0 Å². The van der Waals surface area contributed by atoms with Crippen molar-refractivity contribution in [3.8, 4) is 0 Å². The van der Waals surface area contributed by atoms with E-state index in [9.17, 15) is 0 Å². The summed E-state index contributed by atoms with van der Waals surface area (Å²) in [5.41, 5.74) is 0. The molecule has 2 heteroatoms. The third-order valence-electron chi connectivity index (χ3n) is 1.31. The Balaban J connectivity index is 3.48. The molecular weight excluding hydrogens is 254 g/mol. The van der Waals surface area contributed by atoms with Crippen molar-refractivity contribution < 1.29 is 0 Å². The second-order valence-electron chi connectivity index (χ2n) is 2.13. The number of allylic oxidation sites excluding steroid dienone is 1. The summed E-state index contributed by atoms with van der Waals surface area (Å²) < 4.78 is 0. The molecule has 0 aromatic rings. The summed E-state index contributed by atoms with van der Waals surface area (Å²) in [5.74, 6) is 4.59. The Bertz CT molecular complexity index is 89.3. The van der Waals surface area contributed by atoms with Crippen molar-refractivity contribution in [2.45, 2.75) is 36.2 Å². The summed E-state index contributed by atoms with van der Waals surface area (Å²) in [6.07, 6.45) is 5.15. The topological polar surface area (TPSA) is 0 Å². The van der Waals surface area contributed by atoms with Crippen LogP contribution < -0.4 is 0 Å². The molecule has 1 atom stereocenters. The molecule has 0 fully saturated rings. The van der Waals surface area contributed by atoms with Crippen molar-refractivity contribution in [1.29, 1.82) is 0 Å². The van der Waals surface area contributed by atoms with Crippen LogP contribution >= 0.6 is 0 Å². The van der Waals surface area contributed by atoms with E-state index in [1.807, 2.05) is 0 Å². The molecular formula is C8H16Se2. The first kappa shape index (κ1) is 10.8. The molecule has 0 aliphatic rings. The van der Waals surface area contributed by atoms with E-state index in [1.54, 1.807) is 0 Å². The van der Waals surface area contributed by atoms with Gasteiger partial charge in [-0.05, 0) is 0 Å². The monoisotopic (exact) mass is 272 g/mol. The molecule has 0 N–H and O–H groups in total. The van der Waals surface area contributed by atoms with Gasteiger partial charge in [0, 0.05) is 0 Å². The van der Waals surface area contributed by atoms with Crippen molar-refractivity contribution in [2.24, 2.45) is 0 Å². The van der Waals surface area contributed by atoms with E-state index in [0.717, 1.165) is 34.7 Å². The van der Waals surface area contributed by atoms with E-state index in [-0.39, 0.29) is 0 Å². The Labute approximate surface area is 77.2 Å². The predicted molar refractivity (Wildman–Crippen MR) is 51.0 cm³/mol. The first-order chi connectivity index (χ1) is 4.85. The van der Waals surface area contributed by atoms with Crippen LogP contribution in [0.25, 0.3) is 0 Å². The van der Waals surface area contributed by atoms with Crippen molar-refractivity contribution in [3.63, 3.8) is 0 Å². The second-order valence-corrected chi connectivity index (χ2v) is 5.95. The Morgan fingerprint density at radius 2 is 2.10 bits per heavy atom. The zero-order valence-electron chi connectivity index (χ0n) is 6.96. The maximum atomic E-state index is 2.42. The van der Waals surface area contributed by atoms with Crippen LogP contribution in [0.2, 0.25) is 16.5 Å². The molecule has 0 spiro atoms. The number of rotatable bonds is 5. The SMILES string of the molecule is CCCC(/C=C/[Se]C)[Se]C. The summed E-state index contributed by atoms with van der Waals surface area (Å²) in [7, 11) is 0. The fourth-order valence-corrected chi connectivity index (χ4v) is 3.46. The molecule has 0 aromatic carbocycles. The number of hydrogen-bond acceptors (Lipinski definition) is 0. The molecule has 0 bridgehead atoms. The molecule has 10 heavy (non-hydrogen) atoms. The van der Waals surface area contributed by atoms with Gasteiger partial charge in [-0.1, -0.05) is 0 Å². The van der Waals surface area contributed by atoms with Crippen LogP contribution in [0.1, 0.15) is 19.8 Å². The first-order valence-corrected chi connectivity index (χ1v) is 8.97. The van der Waals surface area contributed by atoms with Crippen molar-refractivity contribution in [2.75, 3.05) is 0 Å².